The highest BCUT2D eigenvalue weighted by Crippen LogP contribution is 2.35. The molecule has 1 heterocycles. The van der Waals surface area contributed by atoms with Gasteiger partial charge in [-0.3, -0.25) is 4.90 Å². The van der Waals surface area contributed by atoms with E-state index in [1.54, 1.807) is 0 Å². The van der Waals surface area contributed by atoms with Crippen LogP contribution in [0.25, 0.3) is 0 Å². The highest BCUT2D eigenvalue weighted by Gasteiger charge is 2.34. The Morgan fingerprint density at radius 2 is 1.89 bits per heavy atom. The normalized spacial score (nSPS) is 32.8. The van der Waals surface area contributed by atoms with Crippen molar-refractivity contribution < 1.29 is 0 Å². The Balaban J connectivity index is 1.93. The number of piperidine rings is 1. The van der Waals surface area contributed by atoms with Gasteiger partial charge in [-0.1, -0.05) is 33.1 Å². The van der Waals surface area contributed by atoms with Gasteiger partial charge in [0.2, 0.25) is 0 Å². The van der Waals surface area contributed by atoms with E-state index in [0.29, 0.717) is 6.04 Å². The molecule has 1 aliphatic heterocycles. The van der Waals surface area contributed by atoms with Crippen molar-refractivity contribution >= 4 is 0 Å². The molecule has 2 nitrogen and oxygen atoms in total. The van der Waals surface area contributed by atoms with Crippen LogP contribution in [-0.2, 0) is 0 Å². The maximum absolute atomic E-state index is 3.55. The van der Waals surface area contributed by atoms with Gasteiger partial charge in [-0.15, -0.1) is 0 Å². The van der Waals surface area contributed by atoms with Crippen LogP contribution in [0.5, 0.6) is 0 Å². The maximum Gasteiger partial charge on any atom is 0.0217 e. The zero-order chi connectivity index (χ0) is 13.0. The summed E-state index contributed by atoms with van der Waals surface area (Å²) in [6.45, 7) is 7.32. The summed E-state index contributed by atoms with van der Waals surface area (Å²) in [6, 6.07) is 1.59. The minimum absolute atomic E-state index is 0.677. The quantitative estimate of drug-likeness (QED) is 0.808. The fourth-order valence-corrected chi connectivity index (χ4v) is 4.05. The average Bonchev–Trinajstić information content (AvgIpc) is 2.44. The Hall–Kier alpha value is -0.0800. The van der Waals surface area contributed by atoms with E-state index in [0.717, 1.165) is 17.9 Å². The van der Waals surface area contributed by atoms with E-state index in [4.69, 9.17) is 0 Å². The monoisotopic (exact) mass is 252 g/mol. The SMILES string of the molecule is CCC(C)C(CN1CCC[C@H]2CCCC[C@H]21)NC. The summed E-state index contributed by atoms with van der Waals surface area (Å²) in [7, 11) is 2.14. The number of hydrogen-bond donors (Lipinski definition) is 1. The molecular weight excluding hydrogens is 220 g/mol. The average molecular weight is 252 g/mol. The van der Waals surface area contributed by atoms with Gasteiger partial charge in [-0.05, 0) is 51.1 Å². The molecule has 0 radical (unpaired) electrons. The number of rotatable bonds is 5. The first-order valence-corrected chi connectivity index (χ1v) is 8.17. The second kappa shape index (κ2) is 6.91. The fourth-order valence-electron chi connectivity index (χ4n) is 4.05. The van der Waals surface area contributed by atoms with Gasteiger partial charge in [0, 0.05) is 18.6 Å². The highest BCUT2D eigenvalue weighted by atomic mass is 15.2. The predicted octanol–water partition coefficient (Wildman–Crippen LogP) is 3.28. The summed E-state index contributed by atoms with van der Waals surface area (Å²) in [5.74, 6) is 1.81. The van der Waals surface area contributed by atoms with Crippen LogP contribution in [0.1, 0.15) is 58.8 Å². The number of likely N-dealkylation sites (N-methyl/N-ethyl adjacent to an activating group) is 1. The third-order valence-corrected chi connectivity index (χ3v) is 5.49. The Bertz CT molecular complexity index is 239. The van der Waals surface area contributed by atoms with Crippen molar-refractivity contribution in [2.24, 2.45) is 11.8 Å². The van der Waals surface area contributed by atoms with Crippen LogP contribution in [0.2, 0.25) is 0 Å². The zero-order valence-electron chi connectivity index (χ0n) is 12.6. The predicted molar refractivity (Wildman–Crippen MR) is 78.9 cm³/mol. The number of hydrogen-bond acceptors (Lipinski definition) is 2. The molecule has 4 atom stereocenters. The standard InChI is InChI=1S/C16H32N2/c1-4-13(2)15(17-3)12-18-11-7-9-14-8-5-6-10-16(14)18/h13-17H,4-12H2,1-3H3/t13?,14-,15?,16-/m1/s1. The fraction of sp³-hybridized carbons (Fsp3) is 1.00. The Labute approximate surface area is 114 Å². The molecule has 2 fully saturated rings. The van der Waals surface area contributed by atoms with E-state index in [1.807, 2.05) is 0 Å². The zero-order valence-corrected chi connectivity index (χ0v) is 12.6. The van der Waals surface area contributed by atoms with Crippen LogP contribution < -0.4 is 5.32 Å². The third-order valence-electron chi connectivity index (χ3n) is 5.49. The van der Waals surface area contributed by atoms with Crippen molar-refractivity contribution in [2.45, 2.75) is 70.9 Å². The van der Waals surface area contributed by atoms with Gasteiger partial charge in [0.05, 0.1) is 0 Å². The molecule has 2 heteroatoms. The largest absolute Gasteiger partial charge is 0.315 e. The molecule has 0 aromatic heterocycles. The van der Waals surface area contributed by atoms with Gasteiger partial charge in [0.15, 0.2) is 0 Å². The van der Waals surface area contributed by atoms with Crippen molar-refractivity contribution in [3.63, 3.8) is 0 Å². The van der Waals surface area contributed by atoms with Gasteiger partial charge < -0.3 is 5.32 Å². The summed E-state index contributed by atoms with van der Waals surface area (Å²) in [6.07, 6.45) is 10.1. The minimum atomic E-state index is 0.677. The van der Waals surface area contributed by atoms with Gasteiger partial charge in [-0.25, -0.2) is 0 Å². The van der Waals surface area contributed by atoms with Crippen molar-refractivity contribution in [1.82, 2.24) is 10.2 Å². The smallest absolute Gasteiger partial charge is 0.0217 e. The lowest BCUT2D eigenvalue weighted by molar-refractivity contribution is 0.0481. The second-order valence-electron chi connectivity index (χ2n) is 6.53. The molecule has 1 saturated carbocycles. The molecule has 2 rings (SSSR count). The minimum Gasteiger partial charge on any atom is -0.315 e. The summed E-state index contributed by atoms with van der Waals surface area (Å²) < 4.78 is 0. The van der Waals surface area contributed by atoms with E-state index in [1.165, 1.54) is 58.0 Å². The molecule has 1 aliphatic carbocycles. The summed E-state index contributed by atoms with van der Waals surface area (Å²) >= 11 is 0. The first-order chi connectivity index (χ1) is 8.76. The van der Waals surface area contributed by atoms with E-state index in [-0.39, 0.29) is 0 Å². The lowest BCUT2D eigenvalue weighted by Crippen LogP contribution is -2.52. The molecule has 0 amide bonds. The van der Waals surface area contributed by atoms with Gasteiger partial charge in [0.25, 0.3) is 0 Å². The summed E-state index contributed by atoms with van der Waals surface area (Å²) in [5, 5.41) is 3.55. The van der Waals surface area contributed by atoms with E-state index in [9.17, 15) is 0 Å². The Morgan fingerprint density at radius 1 is 1.17 bits per heavy atom. The molecule has 0 bridgehead atoms. The second-order valence-corrected chi connectivity index (χ2v) is 6.53. The maximum atomic E-state index is 3.55. The lowest BCUT2D eigenvalue weighted by atomic mass is 9.78. The van der Waals surface area contributed by atoms with Crippen molar-refractivity contribution in [1.29, 1.82) is 0 Å². The van der Waals surface area contributed by atoms with Crippen LogP contribution in [-0.4, -0.2) is 37.1 Å². The van der Waals surface area contributed by atoms with Gasteiger partial charge in [-0.2, -0.15) is 0 Å². The Kier molecular flexibility index (Phi) is 5.50. The van der Waals surface area contributed by atoms with E-state index in [2.05, 4.69) is 31.1 Å². The van der Waals surface area contributed by atoms with Gasteiger partial charge in [0.1, 0.15) is 0 Å². The number of nitrogens with one attached hydrogen (secondary N) is 1. The lowest BCUT2D eigenvalue weighted by Gasteiger charge is -2.46. The topological polar surface area (TPSA) is 15.3 Å². The van der Waals surface area contributed by atoms with Gasteiger partial charge >= 0.3 is 0 Å². The molecule has 1 N–H and O–H groups in total. The molecule has 18 heavy (non-hydrogen) atoms. The molecule has 0 aromatic rings. The molecule has 0 aromatic carbocycles. The summed E-state index contributed by atoms with van der Waals surface area (Å²) in [4.78, 5) is 2.82. The molecule has 1 saturated heterocycles. The number of nitrogens with zero attached hydrogens (tertiary/aromatic N) is 1. The molecule has 2 unspecified atom stereocenters. The van der Waals surface area contributed by atoms with Crippen molar-refractivity contribution in [2.75, 3.05) is 20.1 Å². The van der Waals surface area contributed by atoms with Crippen LogP contribution in [0, 0.1) is 11.8 Å². The van der Waals surface area contributed by atoms with Crippen LogP contribution in [0.15, 0.2) is 0 Å². The molecule has 106 valence electrons. The number of fused-ring (bicyclic) bond motifs is 1. The number of likely N-dealkylation sites (tertiary alicyclic amines) is 1. The first-order valence-electron chi connectivity index (χ1n) is 8.17. The van der Waals surface area contributed by atoms with Crippen molar-refractivity contribution in [3.8, 4) is 0 Å². The third kappa shape index (κ3) is 3.27. The molecule has 2 aliphatic rings. The van der Waals surface area contributed by atoms with Crippen LogP contribution in [0.3, 0.4) is 0 Å². The van der Waals surface area contributed by atoms with Crippen LogP contribution >= 0.6 is 0 Å². The van der Waals surface area contributed by atoms with E-state index >= 15 is 0 Å². The molecule has 0 spiro atoms. The Morgan fingerprint density at radius 3 is 2.61 bits per heavy atom. The van der Waals surface area contributed by atoms with E-state index < -0.39 is 0 Å². The van der Waals surface area contributed by atoms with Crippen molar-refractivity contribution in [3.05, 3.63) is 0 Å². The summed E-state index contributed by atoms with van der Waals surface area (Å²) in [5.41, 5.74) is 0. The molecular formula is C16H32N2. The first kappa shape index (κ1) is 14.3. The highest BCUT2D eigenvalue weighted by molar-refractivity contribution is 4.89. The van der Waals surface area contributed by atoms with Crippen LogP contribution in [0.4, 0.5) is 0 Å².